The molecule has 98 valence electrons. The van der Waals surface area contributed by atoms with Gasteiger partial charge in [-0.3, -0.25) is 0 Å². The molecule has 0 amide bonds. The Labute approximate surface area is 101 Å². The molecule has 0 bridgehead atoms. The molecule has 1 aromatic rings. The molecule has 0 aliphatic heterocycles. The molecule has 0 saturated heterocycles. The van der Waals surface area contributed by atoms with Crippen LogP contribution in [0.1, 0.15) is 12.5 Å². The van der Waals surface area contributed by atoms with Crippen LogP contribution in [0.3, 0.4) is 0 Å². The highest BCUT2D eigenvalue weighted by molar-refractivity contribution is 5.44. The van der Waals surface area contributed by atoms with Gasteiger partial charge in [0, 0.05) is 6.04 Å². The van der Waals surface area contributed by atoms with Crippen molar-refractivity contribution in [2.24, 2.45) is 5.73 Å². The second-order valence-electron chi connectivity index (χ2n) is 3.66. The minimum atomic E-state index is -4.70. The Morgan fingerprint density at radius 1 is 1.39 bits per heavy atom. The van der Waals surface area contributed by atoms with E-state index < -0.39 is 35.5 Å². The van der Waals surface area contributed by atoms with Crippen LogP contribution < -0.4 is 10.5 Å². The predicted molar refractivity (Wildman–Crippen MR) is 55.2 cm³/mol. The number of hydrogen-bond donors (Lipinski definition) is 1. The first kappa shape index (κ1) is 14.3. The van der Waals surface area contributed by atoms with Crippen LogP contribution in [-0.4, -0.2) is 18.3 Å². The fourth-order valence-corrected chi connectivity index (χ4v) is 1.32. The van der Waals surface area contributed by atoms with Crippen molar-refractivity contribution in [3.05, 3.63) is 29.6 Å². The molecule has 7 heteroatoms. The Morgan fingerprint density at radius 3 is 2.44 bits per heavy atom. The fourth-order valence-electron chi connectivity index (χ4n) is 1.32. The minimum absolute atomic E-state index is 0.475. The monoisotopic (exact) mass is 262 g/mol. The van der Waals surface area contributed by atoms with Gasteiger partial charge < -0.3 is 10.5 Å². The van der Waals surface area contributed by atoms with E-state index in [0.717, 1.165) is 25.1 Å². The van der Waals surface area contributed by atoms with Gasteiger partial charge in [0.15, 0.2) is 0 Å². The molecular formula is C11H10F4N2O. The second-order valence-corrected chi connectivity index (χ2v) is 3.66. The maximum atomic E-state index is 13.2. The largest absolute Gasteiger partial charge is 0.478 e. The van der Waals surface area contributed by atoms with E-state index in [1.165, 1.54) is 6.07 Å². The van der Waals surface area contributed by atoms with E-state index in [0.29, 0.717) is 0 Å². The van der Waals surface area contributed by atoms with E-state index in [2.05, 4.69) is 4.74 Å². The van der Waals surface area contributed by atoms with Crippen molar-refractivity contribution in [3.63, 3.8) is 0 Å². The molecule has 0 spiro atoms. The van der Waals surface area contributed by atoms with E-state index in [9.17, 15) is 17.6 Å². The normalized spacial score (nSPS) is 14.7. The van der Waals surface area contributed by atoms with Crippen molar-refractivity contribution in [1.82, 2.24) is 0 Å². The average Bonchev–Trinajstić information content (AvgIpc) is 2.23. The first-order valence-corrected chi connectivity index (χ1v) is 4.95. The van der Waals surface area contributed by atoms with E-state index in [1.54, 1.807) is 0 Å². The summed E-state index contributed by atoms with van der Waals surface area (Å²) < 4.78 is 55.6. The number of alkyl halides is 3. The Morgan fingerprint density at radius 2 is 2.00 bits per heavy atom. The number of rotatable bonds is 3. The Balaban J connectivity index is 3.10. The number of nitrogens with two attached hydrogens (primary N) is 1. The third kappa shape index (κ3) is 3.11. The molecule has 0 aliphatic carbocycles. The number of hydrogen-bond acceptors (Lipinski definition) is 3. The van der Waals surface area contributed by atoms with Gasteiger partial charge in [-0.15, -0.1) is 0 Å². The van der Waals surface area contributed by atoms with Gasteiger partial charge in [0.25, 0.3) is 0 Å². The lowest BCUT2D eigenvalue weighted by Gasteiger charge is -2.25. The van der Waals surface area contributed by atoms with Crippen molar-refractivity contribution < 1.29 is 22.3 Å². The maximum Gasteiger partial charge on any atom is 0.426 e. The highest BCUT2D eigenvalue weighted by Crippen LogP contribution is 2.29. The van der Waals surface area contributed by atoms with Gasteiger partial charge in [-0.2, -0.15) is 18.4 Å². The van der Waals surface area contributed by atoms with Gasteiger partial charge in [-0.1, -0.05) is 6.07 Å². The third-order valence-corrected chi connectivity index (χ3v) is 2.14. The zero-order valence-electron chi connectivity index (χ0n) is 9.33. The average molecular weight is 262 g/mol. The van der Waals surface area contributed by atoms with Crippen LogP contribution in [0, 0.1) is 17.1 Å². The van der Waals surface area contributed by atoms with Gasteiger partial charge in [0.1, 0.15) is 23.2 Å². The number of ether oxygens (including phenoxy) is 1. The topological polar surface area (TPSA) is 59.0 Å². The molecule has 1 rings (SSSR count). The van der Waals surface area contributed by atoms with Crippen molar-refractivity contribution in [3.8, 4) is 11.8 Å². The highest BCUT2D eigenvalue weighted by Gasteiger charge is 2.44. The SMILES string of the molecule is CC(N)C(Oc1cccc(F)c1C#N)C(F)(F)F. The van der Waals surface area contributed by atoms with Crippen molar-refractivity contribution in [1.29, 1.82) is 5.26 Å². The van der Waals surface area contributed by atoms with Crippen LogP contribution in [0.2, 0.25) is 0 Å². The van der Waals surface area contributed by atoms with Gasteiger partial charge >= 0.3 is 6.18 Å². The molecule has 2 N–H and O–H groups in total. The molecule has 0 heterocycles. The molecule has 0 aliphatic rings. The van der Waals surface area contributed by atoms with Crippen molar-refractivity contribution in [2.45, 2.75) is 25.2 Å². The summed E-state index contributed by atoms with van der Waals surface area (Å²) in [7, 11) is 0. The second kappa shape index (κ2) is 5.23. The maximum absolute atomic E-state index is 13.2. The third-order valence-electron chi connectivity index (χ3n) is 2.14. The molecule has 3 nitrogen and oxygen atoms in total. The van der Waals surface area contributed by atoms with Gasteiger partial charge in [-0.05, 0) is 19.1 Å². The number of halogens is 4. The Kier molecular flexibility index (Phi) is 4.14. The standard InChI is InChI=1S/C11H10F4N2O/c1-6(17)10(11(13,14)15)18-9-4-2-3-8(12)7(9)5-16/h2-4,6,10H,17H2,1H3. The molecular weight excluding hydrogens is 252 g/mol. The summed E-state index contributed by atoms with van der Waals surface area (Å²) in [5.41, 5.74) is 4.60. The first-order chi connectivity index (χ1) is 8.27. The molecule has 0 saturated carbocycles. The zero-order chi connectivity index (χ0) is 13.9. The quantitative estimate of drug-likeness (QED) is 0.850. The Hall–Kier alpha value is -1.81. The molecule has 2 atom stereocenters. The van der Waals surface area contributed by atoms with Crippen molar-refractivity contribution >= 4 is 0 Å². The molecule has 0 radical (unpaired) electrons. The summed E-state index contributed by atoms with van der Waals surface area (Å²) in [6, 6.07) is 3.30. The number of nitriles is 1. The molecule has 0 fully saturated rings. The van der Waals surface area contributed by atoms with Crippen LogP contribution >= 0.6 is 0 Å². The minimum Gasteiger partial charge on any atom is -0.478 e. The zero-order valence-corrected chi connectivity index (χ0v) is 9.33. The summed E-state index contributed by atoms with van der Waals surface area (Å²) >= 11 is 0. The molecule has 18 heavy (non-hydrogen) atoms. The van der Waals surface area contributed by atoms with Crippen LogP contribution in [0.25, 0.3) is 0 Å². The highest BCUT2D eigenvalue weighted by atomic mass is 19.4. The Bertz CT molecular complexity index is 465. The summed E-state index contributed by atoms with van der Waals surface area (Å²) in [5, 5.41) is 8.67. The smallest absolute Gasteiger partial charge is 0.426 e. The summed E-state index contributed by atoms with van der Waals surface area (Å²) in [4.78, 5) is 0. The van der Waals surface area contributed by atoms with Crippen LogP contribution in [0.15, 0.2) is 18.2 Å². The number of benzene rings is 1. The van der Waals surface area contributed by atoms with E-state index >= 15 is 0 Å². The fraction of sp³-hybridized carbons (Fsp3) is 0.364. The summed E-state index contributed by atoms with van der Waals surface area (Å²) in [5.74, 6) is -1.42. The lowest BCUT2D eigenvalue weighted by Crippen LogP contribution is -2.47. The molecule has 0 aromatic heterocycles. The molecule has 2 unspecified atom stereocenters. The summed E-state index contributed by atoms with van der Waals surface area (Å²) in [6.45, 7) is 1.11. The van der Waals surface area contributed by atoms with Crippen LogP contribution in [-0.2, 0) is 0 Å². The van der Waals surface area contributed by atoms with E-state index in [1.807, 2.05) is 0 Å². The van der Waals surface area contributed by atoms with Gasteiger partial charge in [-0.25, -0.2) is 4.39 Å². The molecule has 1 aromatic carbocycles. The first-order valence-electron chi connectivity index (χ1n) is 4.95. The van der Waals surface area contributed by atoms with Crippen LogP contribution in [0.4, 0.5) is 17.6 Å². The van der Waals surface area contributed by atoms with Crippen molar-refractivity contribution in [2.75, 3.05) is 0 Å². The van der Waals surface area contributed by atoms with Gasteiger partial charge in [0.2, 0.25) is 6.10 Å². The summed E-state index contributed by atoms with van der Waals surface area (Å²) in [6.07, 6.45) is -7.00. The van der Waals surface area contributed by atoms with Gasteiger partial charge in [0.05, 0.1) is 0 Å². The predicted octanol–water partition coefficient (Wildman–Crippen LogP) is 2.35. The van der Waals surface area contributed by atoms with E-state index in [-0.39, 0.29) is 0 Å². The lowest BCUT2D eigenvalue weighted by atomic mass is 10.1. The van der Waals surface area contributed by atoms with Crippen LogP contribution in [0.5, 0.6) is 5.75 Å². The number of nitrogens with zero attached hydrogens (tertiary/aromatic N) is 1. The van der Waals surface area contributed by atoms with E-state index in [4.69, 9.17) is 11.0 Å². The lowest BCUT2D eigenvalue weighted by molar-refractivity contribution is -0.199.